The molecule has 1 fully saturated rings. The van der Waals surface area contributed by atoms with Crippen molar-refractivity contribution < 1.29 is 17.9 Å². The SMILES string of the molecule is COc1ccc(C)cc1CC1CCCC(C(F)(F)F)N1. The predicted molar refractivity (Wildman–Crippen MR) is 72.1 cm³/mol. The van der Waals surface area contributed by atoms with E-state index in [1.54, 1.807) is 7.11 Å². The summed E-state index contributed by atoms with van der Waals surface area (Å²) in [5, 5.41) is 2.73. The first-order valence-corrected chi connectivity index (χ1v) is 6.86. The molecule has 2 unspecified atom stereocenters. The molecule has 1 heterocycles. The minimum atomic E-state index is -4.16. The van der Waals surface area contributed by atoms with Gasteiger partial charge in [0.2, 0.25) is 0 Å². The summed E-state index contributed by atoms with van der Waals surface area (Å²) in [7, 11) is 1.58. The molecule has 0 aromatic heterocycles. The Balaban J connectivity index is 2.08. The first kappa shape index (κ1) is 15.2. The number of nitrogens with one attached hydrogen (secondary N) is 1. The summed E-state index contributed by atoms with van der Waals surface area (Å²) in [6.45, 7) is 1.97. The highest BCUT2D eigenvalue weighted by Gasteiger charge is 2.41. The molecule has 1 saturated heterocycles. The number of hydrogen-bond acceptors (Lipinski definition) is 2. The number of aryl methyl sites for hydroxylation is 1. The van der Waals surface area contributed by atoms with E-state index in [-0.39, 0.29) is 12.5 Å². The highest BCUT2D eigenvalue weighted by atomic mass is 19.4. The molecule has 2 atom stereocenters. The van der Waals surface area contributed by atoms with Crippen LogP contribution in [0, 0.1) is 6.92 Å². The van der Waals surface area contributed by atoms with E-state index < -0.39 is 12.2 Å². The second kappa shape index (κ2) is 6.04. The Morgan fingerprint density at radius 3 is 2.70 bits per heavy atom. The molecule has 1 aliphatic heterocycles. The van der Waals surface area contributed by atoms with E-state index in [2.05, 4.69) is 5.32 Å². The van der Waals surface area contributed by atoms with Crippen LogP contribution in [-0.4, -0.2) is 25.4 Å². The van der Waals surface area contributed by atoms with Gasteiger partial charge in [0.15, 0.2) is 0 Å². The van der Waals surface area contributed by atoms with Gasteiger partial charge in [-0.2, -0.15) is 13.2 Å². The molecule has 1 N–H and O–H groups in total. The second-order valence-corrected chi connectivity index (χ2v) is 5.41. The molecule has 2 rings (SSSR count). The summed E-state index contributed by atoms with van der Waals surface area (Å²) in [5.74, 6) is 0.742. The molecule has 20 heavy (non-hydrogen) atoms. The van der Waals surface area contributed by atoms with Crippen molar-refractivity contribution in [2.45, 2.75) is 50.9 Å². The molecule has 0 spiro atoms. The van der Waals surface area contributed by atoms with E-state index in [1.165, 1.54) is 0 Å². The third-order valence-electron chi connectivity index (χ3n) is 3.78. The Kier molecular flexibility index (Phi) is 4.58. The number of hydrogen-bond donors (Lipinski definition) is 1. The molecule has 0 saturated carbocycles. The minimum Gasteiger partial charge on any atom is -0.496 e. The van der Waals surface area contributed by atoms with E-state index in [4.69, 9.17) is 4.74 Å². The Morgan fingerprint density at radius 2 is 2.05 bits per heavy atom. The molecule has 5 heteroatoms. The van der Waals surface area contributed by atoms with Gasteiger partial charge in [-0.3, -0.25) is 0 Å². The number of rotatable bonds is 3. The van der Waals surface area contributed by atoms with Crippen LogP contribution in [0.2, 0.25) is 0 Å². The van der Waals surface area contributed by atoms with Crippen LogP contribution < -0.4 is 10.1 Å². The van der Waals surface area contributed by atoms with Crippen molar-refractivity contribution in [3.05, 3.63) is 29.3 Å². The molecule has 0 bridgehead atoms. The van der Waals surface area contributed by atoms with Crippen LogP contribution in [0.25, 0.3) is 0 Å². The molecular weight excluding hydrogens is 267 g/mol. The normalized spacial score (nSPS) is 23.6. The lowest BCUT2D eigenvalue weighted by Gasteiger charge is -2.32. The average Bonchev–Trinajstić information content (AvgIpc) is 2.38. The Bertz CT molecular complexity index is 459. The van der Waals surface area contributed by atoms with Gasteiger partial charge in [-0.15, -0.1) is 0 Å². The standard InChI is InChI=1S/C15H20F3NO/c1-10-6-7-13(20-2)11(8-10)9-12-4-3-5-14(19-12)15(16,17)18/h6-8,12,14,19H,3-5,9H2,1-2H3. The molecule has 0 amide bonds. The molecular formula is C15H20F3NO. The van der Waals surface area contributed by atoms with Gasteiger partial charge in [0.1, 0.15) is 11.8 Å². The molecule has 1 aliphatic rings. The molecule has 112 valence electrons. The van der Waals surface area contributed by atoms with Crippen molar-refractivity contribution in [2.24, 2.45) is 0 Å². The van der Waals surface area contributed by atoms with Crippen molar-refractivity contribution in [3.63, 3.8) is 0 Å². The summed E-state index contributed by atoms with van der Waals surface area (Å²) in [5.41, 5.74) is 2.05. The smallest absolute Gasteiger partial charge is 0.403 e. The number of alkyl halides is 3. The summed E-state index contributed by atoms with van der Waals surface area (Å²) in [6, 6.07) is 4.27. The van der Waals surface area contributed by atoms with Gasteiger partial charge in [0, 0.05) is 6.04 Å². The highest BCUT2D eigenvalue weighted by Crippen LogP contribution is 2.30. The molecule has 2 nitrogen and oxygen atoms in total. The number of halogens is 3. The first-order chi connectivity index (χ1) is 9.40. The van der Waals surface area contributed by atoms with E-state index in [9.17, 15) is 13.2 Å². The van der Waals surface area contributed by atoms with Crippen LogP contribution in [0.3, 0.4) is 0 Å². The molecule has 1 aromatic rings. The average molecular weight is 287 g/mol. The van der Waals surface area contributed by atoms with Gasteiger partial charge in [0.05, 0.1) is 7.11 Å². The Morgan fingerprint density at radius 1 is 1.30 bits per heavy atom. The van der Waals surface area contributed by atoms with Crippen LogP contribution in [0.15, 0.2) is 18.2 Å². The third-order valence-corrected chi connectivity index (χ3v) is 3.78. The lowest BCUT2D eigenvalue weighted by Crippen LogP contribution is -2.51. The van der Waals surface area contributed by atoms with Crippen LogP contribution in [0.1, 0.15) is 30.4 Å². The summed E-state index contributed by atoms with van der Waals surface area (Å²) in [4.78, 5) is 0. The zero-order chi connectivity index (χ0) is 14.8. The Labute approximate surface area is 117 Å². The van der Waals surface area contributed by atoms with Gasteiger partial charge in [-0.1, -0.05) is 17.7 Å². The second-order valence-electron chi connectivity index (χ2n) is 5.41. The van der Waals surface area contributed by atoms with Crippen molar-refractivity contribution in [1.29, 1.82) is 0 Å². The van der Waals surface area contributed by atoms with E-state index in [0.717, 1.165) is 23.3 Å². The summed E-state index contributed by atoms with van der Waals surface area (Å²) >= 11 is 0. The van der Waals surface area contributed by atoms with Crippen LogP contribution in [0.5, 0.6) is 5.75 Å². The number of benzene rings is 1. The van der Waals surface area contributed by atoms with E-state index in [1.807, 2.05) is 25.1 Å². The fraction of sp³-hybridized carbons (Fsp3) is 0.600. The van der Waals surface area contributed by atoms with Crippen LogP contribution >= 0.6 is 0 Å². The monoisotopic (exact) mass is 287 g/mol. The van der Waals surface area contributed by atoms with Gasteiger partial charge in [-0.25, -0.2) is 0 Å². The quantitative estimate of drug-likeness (QED) is 0.917. The minimum absolute atomic E-state index is 0.147. The van der Waals surface area contributed by atoms with Gasteiger partial charge >= 0.3 is 6.18 Å². The topological polar surface area (TPSA) is 21.3 Å². The maximum Gasteiger partial charge on any atom is 0.403 e. The molecule has 0 radical (unpaired) electrons. The van der Waals surface area contributed by atoms with E-state index in [0.29, 0.717) is 12.8 Å². The van der Waals surface area contributed by atoms with E-state index >= 15 is 0 Å². The first-order valence-electron chi connectivity index (χ1n) is 6.86. The molecule has 0 aliphatic carbocycles. The van der Waals surface area contributed by atoms with Gasteiger partial charge in [-0.05, 0) is 44.2 Å². The van der Waals surface area contributed by atoms with Crippen molar-refractivity contribution in [2.75, 3.05) is 7.11 Å². The summed E-state index contributed by atoms with van der Waals surface area (Å²) < 4.78 is 43.6. The van der Waals surface area contributed by atoms with Crippen molar-refractivity contribution in [1.82, 2.24) is 5.32 Å². The predicted octanol–water partition coefficient (Wildman–Crippen LogP) is 3.62. The van der Waals surface area contributed by atoms with Crippen LogP contribution in [-0.2, 0) is 6.42 Å². The largest absolute Gasteiger partial charge is 0.496 e. The zero-order valence-electron chi connectivity index (χ0n) is 11.8. The van der Waals surface area contributed by atoms with Crippen LogP contribution in [0.4, 0.5) is 13.2 Å². The maximum absolute atomic E-state index is 12.8. The number of ether oxygens (including phenoxy) is 1. The number of piperidine rings is 1. The van der Waals surface area contributed by atoms with Crippen molar-refractivity contribution >= 4 is 0 Å². The van der Waals surface area contributed by atoms with Gasteiger partial charge in [0.25, 0.3) is 0 Å². The fourth-order valence-corrected chi connectivity index (χ4v) is 2.77. The molecule has 1 aromatic carbocycles. The zero-order valence-corrected chi connectivity index (χ0v) is 11.8. The van der Waals surface area contributed by atoms with Crippen molar-refractivity contribution in [3.8, 4) is 5.75 Å². The third kappa shape index (κ3) is 3.66. The fourth-order valence-electron chi connectivity index (χ4n) is 2.77. The lowest BCUT2D eigenvalue weighted by molar-refractivity contribution is -0.163. The van der Waals surface area contributed by atoms with Gasteiger partial charge < -0.3 is 10.1 Å². The number of methoxy groups -OCH3 is 1. The highest BCUT2D eigenvalue weighted by molar-refractivity contribution is 5.37. The lowest BCUT2D eigenvalue weighted by atomic mass is 9.93. The summed E-state index contributed by atoms with van der Waals surface area (Å²) in [6.07, 6.45) is -2.04. The Hall–Kier alpha value is -1.23. The maximum atomic E-state index is 12.8.